The number of hydrogen-bond acceptors (Lipinski definition) is 7. The average molecular weight is 492 g/mol. The Morgan fingerprint density at radius 3 is 2.68 bits per heavy atom. The summed E-state index contributed by atoms with van der Waals surface area (Å²) in [7, 11) is 0. The van der Waals surface area contributed by atoms with Crippen LogP contribution < -0.4 is 5.32 Å². The van der Waals surface area contributed by atoms with E-state index in [1.165, 1.54) is 23.0 Å². The van der Waals surface area contributed by atoms with E-state index in [1.807, 2.05) is 0 Å². The van der Waals surface area contributed by atoms with Gasteiger partial charge >= 0.3 is 0 Å². The monoisotopic (exact) mass is 491 g/mol. The van der Waals surface area contributed by atoms with Crippen LogP contribution in [0, 0.1) is 11.6 Å². The molecule has 1 aromatic heterocycles. The quantitative estimate of drug-likeness (QED) is 0.484. The number of thiocarbonyl (C=S) groups is 1. The lowest BCUT2D eigenvalue weighted by atomic mass is 9.97. The second-order valence-electron chi connectivity index (χ2n) is 8.36. The minimum Gasteiger partial charge on any atom is -0.368 e. The van der Waals surface area contributed by atoms with E-state index in [0.29, 0.717) is 30.5 Å². The normalized spacial score (nSPS) is 19.6. The third kappa shape index (κ3) is 5.18. The maximum Gasteiger partial charge on any atom is 0.254 e. The van der Waals surface area contributed by atoms with E-state index < -0.39 is 23.5 Å². The van der Waals surface area contributed by atoms with Gasteiger partial charge in [0.1, 0.15) is 22.3 Å². The second kappa shape index (κ2) is 9.65. The minimum absolute atomic E-state index is 0.0185. The molecule has 1 saturated heterocycles. The largest absolute Gasteiger partial charge is 0.368 e. The Kier molecular flexibility index (Phi) is 6.82. The van der Waals surface area contributed by atoms with Crippen molar-refractivity contribution in [3.05, 3.63) is 47.3 Å². The number of carbonyl (C=O) groups is 2. The van der Waals surface area contributed by atoms with Crippen molar-refractivity contribution in [3.8, 4) is 5.69 Å². The van der Waals surface area contributed by atoms with E-state index in [0.717, 1.165) is 0 Å². The summed E-state index contributed by atoms with van der Waals surface area (Å²) < 4.78 is 42.2. The molecule has 12 heteroatoms. The number of ether oxygens (including phenoxy) is 2. The van der Waals surface area contributed by atoms with Gasteiger partial charge in [0.15, 0.2) is 18.2 Å². The summed E-state index contributed by atoms with van der Waals surface area (Å²) in [4.78, 5) is 24.8. The fraction of sp³-hybridized carbons (Fsp3) is 0.409. The highest BCUT2D eigenvalue weighted by Gasteiger charge is 2.39. The maximum atomic E-state index is 14.9. The molecular formula is C22H23F2N5O4S. The molecule has 180 valence electrons. The van der Waals surface area contributed by atoms with Gasteiger partial charge in [0, 0.05) is 30.8 Å². The van der Waals surface area contributed by atoms with E-state index in [9.17, 15) is 18.4 Å². The summed E-state index contributed by atoms with van der Waals surface area (Å²) in [5, 5.41) is 10.4. The highest BCUT2D eigenvalue weighted by molar-refractivity contribution is 7.81. The van der Waals surface area contributed by atoms with Gasteiger partial charge in [-0.3, -0.25) is 9.59 Å². The Bertz CT molecular complexity index is 1140. The van der Waals surface area contributed by atoms with Crippen LogP contribution in [0.3, 0.4) is 0 Å². The first-order chi connectivity index (χ1) is 16.2. The van der Waals surface area contributed by atoms with Gasteiger partial charge in [0.25, 0.3) is 5.91 Å². The van der Waals surface area contributed by atoms with E-state index >= 15 is 0 Å². The molecule has 2 aliphatic heterocycles. The summed E-state index contributed by atoms with van der Waals surface area (Å²) in [6.07, 6.45) is 3.24. The van der Waals surface area contributed by atoms with Gasteiger partial charge in [0.2, 0.25) is 0 Å². The van der Waals surface area contributed by atoms with E-state index in [-0.39, 0.29) is 41.8 Å². The highest BCUT2D eigenvalue weighted by atomic mass is 32.1. The highest BCUT2D eigenvalue weighted by Crippen LogP contribution is 2.30. The molecule has 0 saturated carbocycles. The molecule has 0 radical (unpaired) electrons. The Hall–Kier alpha value is -3.09. The molecular weight excluding hydrogens is 468 g/mol. The number of nitrogens with zero attached hydrogens (tertiary/aromatic N) is 4. The first kappa shape index (κ1) is 24.0. The van der Waals surface area contributed by atoms with Gasteiger partial charge in [-0.05, 0) is 25.8 Å². The van der Waals surface area contributed by atoms with Crippen molar-refractivity contribution in [2.75, 3.05) is 19.7 Å². The zero-order valence-corrected chi connectivity index (χ0v) is 19.4. The Labute approximate surface area is 199 Å². The summed E-state index contributed by atoms with van der Waals surface area (Å²) in [6, 6.07) is 2.34. The average Bonchev–Trinajstić information content (AvgIpc) is 3.43. The SMILES string of the molecule is CC1(C)OC[C@H](C(=O)N2CC=C(c3c(F)cc(-n4cc(CNC(=S)C=O)nn4)cc3F)CC2)O1. The van der Waals surface area contributed by atoms with Gasteiger partial charge in [-0.25, -0.2) is 13.5 Å². The van der Waals surface area contributed by atoms with Crippen LogP contribution in [0.25, 0.3) is 11.3 Å². The van der Waals surface area contributed by atoms with Crippen LogP contribution in [0.2, 0.25) is 0 Å². The molecule has 2 aliphatic rings. The first-order valence-corrected chi connectivity index (χ1v) is 11.0. The number of aromatic nitrogens is 3. The standard InChI is InChI=1S/C22H23F2N5O4S/c1-22(2)32-12-18(33-22)21(31)28-5-3-13(4-6-28)20-16(23)7-15(8-17(20)24)29-10-14(26-27-29)9-25-19(34)11-30/h3,7-8,10-11,18H,4-6,9,12H2,1-2H3,(H,25,34)/t18-/m1/s1. The van der Waals surface area contributed by atoms with Crippen molar-refractivity contribution in [1.29, 1.82) is 0 Å². The minimum atomic E-state index is -0.811. The van der Waals surface area contributed by atoms with Crippen LogP contribution in [0.4, 0.5) is 8.78 Å². The maximum absolute atomic E-state index is 14.9. The predicted molar refractivity (Wildman–Crippen MR) is 121 cm³/mol. The zero-order valence-electron chi connectivity index (χ0n) is 18.6. The third-order valence-corrected chi connectivity index (χ3v) is 5.75. The van der Waals surface area contributed by atoms with Crippen molar-refractivity contribution in [3.63, 3.8) is 0 Å². The lowest BCUT2D eigenvalue weighted by Crippen LogP contribution is -2.43. The Morgan fingerprint density at radius 2 is 2.09 bits per heavy atom. The number of benzene rings is 1. The van der Waals surface area contributed by atoms with Gasteiger partial charge in [-0.2, -0.15) is 0 Å². The number of nitrogens with one attached hydrogen (secondary N) is 1. The molecule has 1 amide bonds. The van der Waals surface area contributed by atoms with Crippen molar-refractivity contribution in [2.45, 2.75) is 38.7 Å². The van der Waals surface area contributed by atoms with Crippen molar-refractivity contribution in [1.82, 2.24) is 25.2 Å². The topological polar surface area (TPSA) is 98.6 Å². The predicted octanol–water partition coefficient (Wildman–Crippen LogP) is 1.93. The lowest BCUT2D eigenvalue weighted by Gasteiger charge is -2.29. The number of aldehydes is 1. The molecule has 1 atom stereocenters. The third-order valence-electron chi connectivity index (χ3n) is 5.51. The van der Waals surface area contributed by atoms with Crippen molar-refractivity contribution in [2.24, 2.45) is 0 Å². The van der Waals surface area contributed by atoms with Gasteiger partial charge in [-0.15, -0.1) is 5.10 Å². The molecule has 3 heterocycles. The van der Waals surface area contributed by atoms with Crippen LogP contribution in [-0.4, -0.2) is 68.7 Å². The summed E-state index contributed by atoms with van der Waals surface area (Å²) in [5.41, 5.74) is 0.953. The molecule has 2 aromatic rings. The van der Waals surface area contributed by atoms with Gasteiger partial charge in [-0.1, -0.05) is 23.5 Å². The molecule has 1 aromatic carbocycles. The number of carbonyl (C=O) groups excluding carboxylic acids is 2. The van der Waals surface area contributed by atoms with Gasteiger partial charge in [0.05, 0.1) is 25.0 Å². The first-order valence-electron chi connectivity index (χ1n) is 10.6. The molecule has 4 rings (SSSR count). The number of amides is 1. The molecule has 34 heavy (non-hydrogen) atoms. The van der Waals surface area contributed by atoms with Crippen LogP contribution >= 0.6 is 12.2 Å². The van der Waals surface area contributed by atoms with Crippen LogP contribution in [-0.2, 0) is 25.6 Å². The zero-order chi connectivity index (χ0) is 24.5. The molecule has 1 N–H and O–H groups in total. The van der Waals surface area contributed by atoms with Crippen molar-refractivity contribution < 1.29 is 27.8 Å². The number of halogens is 2. The van der Waals surface area contributed by atoms with Crippen molar-refractivity contribution >= 4 is 35.0 Å². The second-order valence-corrected chi connectivity index (χ2v) is 8.80. The number of rotatable bonds is 6. The van der Waals surface area contributed by atoms with Crippen LogP contribution in [0.1, 0.15) is 31.5 Å². The molecule has 0 spiro atoms. The molecule has 0 bridgehead atoms. The molecule has 0 aliphatic carbocycles. The molecule has 9 nitrogen and oxygen atoms in total. The summed E-state index contributed by atoms with van der Waals surface area (Å²) >= 11 is 4.75. The fourth-order valence-electron chi connectivity index (χ4n) is 3.83. The lowest BCUT2D eigenvalue weighted by molar-refractivity contribution is -0.159. The number of hydrogen-bond donors (Lipinski definition) is 1. The van der Waals surface area contributed by atoms with Crippen LogP contribution in [0.5, 0.6) is 0 Å². The van der Waals surface area contributed by atoms with E-state index in [2.05, 4.69) is 15.6 Å². The Balaban J connectivity index is 1.46. The van der Waals surface area contributed by atoms with E-state index in [4.69, 9.17) is 21.7 Å². The van der Waals surface area contributed by atoms with E-state index in [1.54, 1.807) is 24.8 Å². The fourth-order valence-corrected chi connectivity index (χ4v) is 3.90. The molecule has 0 unspecified atom stereocenters. The van der Waals surface area contributed by atoms with Gasteiger partial charge < -0.3 is 19.7 Å². The van der Waals surface area contributed by atoms with Crippen LogP contribution in [0.15, 0.2) is 24.4 Å². The molecule has 1 fully saturated rings. The summed E-state index contributed by atoms with van der Waals surface area (Å²) in [5.74, 6) is -2.50. The smallest absolute Gasteiger partial charge is 0.254 e. The Morgan fingerprint density at radius 1 is 1.35 bits per heavy atom. The summed E-state index contributed by atoms with van der Waals surface area (Å²) in [6.45, 7) is 4.34.